The van der Waals surface area contributed by atoms with Crippen LogP contribution >= 0.6 is 0 Å². The summed E-state index contributed by atoms with van der Waals surface area (Å²) in [4.78, 5) is 14.5. The minimum atomic E-state index is -0.285. The van der Waals surface area contributed by atoms with Crippen molar-refractivity contribution < 1.29 is 18.7 Å². The first-order valence-electron chi connectivity index (χ1n) is 8.11. The second-order valence-corrected chi connectivity index (χ2v) is 6.53. The van der Waals surface area contributed by atoms with Crippen LogP contribution in [0, 0.1) is 11.2 Å². The lowest BCUT2D eigenvalue weighted by molar-refractivity contribution is -0.133. The molecular formula is C18H26FNO3. The first kappa shape index (κ1) is 17.9. The van der Waals surface area contributed by atoms with E-state index in [4.69, 9.17) is 9.47 Å². The molecule has 4 nitrogen and oxygen atoms in total. The average Bonchev–Trinajstić information content (AvgIpc) is 2.54. The molecule has 0 atom stereocenters. The van der Waals surface area contributed by atoms with Crippen LogP contribution in [0.3, 0.4) is 0 Å². The fraction of sp³-hybridized carbons (Fsp3) is 0.611. The van der Waals surface area contributed by atoms with Gasteiger partial charge in [-0.05, 0) is 36.0 Å². The zero-order chi connectivity index (χ0) is 16.7. The number of benzene rings is 1. The Labute approximate surface area is 137 Å². The fourth-order valence-electron chi connectivity index (χ4n) is 2.87. The van der Waals surface area contributed by atoms with Crippen molar-refractivity contribution in [2.24, 2.45) is 5.41 Å². The topological polar surface area (TPSA) is 38.8 Å². The van der Waals surface area contributed by atoms with Gasteiger partial charge in [0.15, 0.2) is 0 Å². The summed E-state index contributed by atoms with van der Waals surface area (Å²) in [6.07, 6.45) is 2.21. The molecule has 1 aromatic rings. The number of carbonyl (C=O) groups excluding carboxylic acids is 1. The molecule has 1 heterocycles. The van der Waals surface area contributed by atoms with Crippen molar-refractivity contribution in [2.45, 2.75) is 26.2 Å². The monoisotopic (exact) mass is 323 g/mol. The summed E-state index contributed by atoms with van der Waals surface area (Å²) in [6, 6.07) is 6.11. The summed E-state index contributed by atoms with van der Waals surface area (Å²) >= 11 is 0. The minimum Gasteiger partial charge on any atom is -0.383 e. The van der Waals surface area contributed by atoms with Gasteiger partial charge in [0.2, 0.25) is 5.91 Å². The third-order valence-electron chi connectivity index (χ3n) is 4.46. The molecule has 0 saturated carbocycles. The molecule has 2 rings (SSSR count). The summed E-state index contributed by atoms with van der Waals surface area (Å²) in [5.74, 6) is -0.228. The van der Waals surface area contributed by atoms with Gasteiger partial charge in [0.05, 0.1) is 13.0 Å². The van der Waals surface area contributed by atoms with Crippen LogP contribution in [0.5, 0.6) is 0 Å². The molecule has 0 N–H and O–H groups in total. The smallest absolute Gasteiger partial charge is 0.227 e. The first-order chi connectivity index (χ1) is 11.0. The lowest BCUT2D eigenvalue weighted by atomic mass is 9.82. The fourth-order valence-corrected chi connectivity index (χ4v) is 2.87. The van der Waals surface area contributed by atoms with E-state index >= 15 is 0 Å². The Balaban J connectivity index is 2.00. The maximum atomic E-state index is 13.0. The Hall–Kier alpha value is -1.46. The number of ether oxygens (including phenoxy) is 2. The third-order valence-corrected chi connectivity index (χ3v) is 4.46. The zero-order valence-corrected chi connectivity index (χ0v) is 14.0. The molecule has 1 aliphatic rings. The van der Waals surface area contributed by atoms with Crippen molar-refractivity contribution in [3.05, 3.63) is 35.6 Å². The Morgan fingerprint density at radius 1 is 1.30 bits per heavy atom. The van der Waals surface area contributed by atoms with Crippen molar-refractivity contribution in [3.8, 4) is 0 Å². The van der Waals surface area contributed by atoms with Crippen molar-refractivity contribution in [1.29, 1.82) is 0 Å². The number of nitrogens with zero attached hydrogens (tertiary/aromatic N) is 1. The summed E-state index contributed by atoms with van der Waals surface area (Å²) in [6.45, 7) is 5.51. The zero-order valence-electron chi connectivity index (χ0n) is 14.0. The SMILES string of the molecule is COCCN(CC1(C)CCOCC1)C(=O)Cc1ccc(F)cc1. The molecule has 5 heteroatoms. The van der Waals surface area contributed by atoms with E-state index in [1.165, 1.54) is 12.1 Å². The highest BCUT2D eigenvalue weighted by atomic mass is 19.1. The molecule has 1 aromatic carbocycles. The molecule has 1 amide bonds. The van der Waals surface area contributed by atoms with Gasteiger partial charge in [0.1, 0.15) is 5.82 Å². The maximum absolute atomic E-state index is 13.0. The van der Waals surface area contributed by atoms with E-state index in [2.05, 4.69) is 6.92 Å². The Kier molecular flexibility index (Phi) is 6.54. The predicted molar refractivity (Wildman–Crippen MR) is 86.7 cm³/mol. The van der Waals surface area contributed by atoms with Crippen molar-refractivity contribution in [3.63, 3.8) is 0 Å². The number of hydrogen-bond donors (Lipinski definition) is 0. The van der Waals surface area contributed by atoms with Crippen LogP contribution in [0.15, 0.2) is 24.3 Å². The number of amides is 1. The standard InChI is InChI=1S/C18H26FNO3/c1-18(7-10-23-11-8-18)14-20(9-12-22-2)17(21)13-15-3-5-16(19)6-4-15/h3-6H,7-14H2,1-2H3. The van der Waals surface area contributed by atoms with E-state index in [0.29, 0.717) is 19.7 Å². The minimum absolute atomic E-state index is 0.0568. The molecule has 128 valence electrons. The van der Waals surface area contributed by atoms with Gasteiger partial charge in [-0.25, -0.2) is 4.39 Å². The highest BCUT2D eigenvalue weighted by Gasteiger charge is 2.31. The van der Waals surface area contributed by atoms with Crippen LogP contribution in [-0.4, -0.2) is 50.8 Å². The van der Waals surface area contributed by atoms with Gasteiger partial charge < -0.3 is 14.4 Å². The molecule has 23 heavy (non-hydrogen) atoms. The summed E-state index contributed by atoms with van der Waals surface area (Å²) < 4.78 is 23.6. The molecule has 1 saturated heterocycles. The van der Waals surface area contributed by atoms with Gasteiger partial charge in [-0.2, -0.15) is 0 Å². The molecule has 0 radical (unpaired) electrons. The van der Waals surface area contributed by atoms with Crippen LogP contribution in [-0.2, 0) is 20.7 Å². The Bertz CT molecular complexity index is 497. The van der Waals surface area contributed by atoms with Crippen LogP contribution in [0.1, 0.15) is 25.3 Å². The predicted octanol–water partition coefficient (Wildman–Crippen LogP) is 2.66. The van der Waals surface area contributed by atoms with Crippen molar-refractivity contribution in [1.82, 2.24) is 4.90 Å². The van der Waals surface area contributed by atoms with E-state index in [1.807, 2.05) is 4.90 Å². The number of methoxy groups -OCH3 is 1. The van der Waals surface area contributed by atoms with E-state index in [1.54, 1.807) is 19.2 Å². The van der Waals surface area contributed by atoms with Gasteiger partial charge >= 0.3 is 0 Å². The summed E-state index contributed by atoms with van der Waals surface area (Å²) in [5, 5.41) is 0. The summed E-state index contributed by atoms with van der Waals surface area (Å²) in [5.41, 5.74) is 0.917. The van der Waals surface area contributed by atoms with Gasteiger partial charge in [0.25, 0.3) is 0 Å². The molecule has 1 aliphatic heterocycles. The first-order valence-corrected chi connectivity index (χ1v) is 8.11. The molecule has 1 fully saturated rings. The number of hydrogen-bond acceptors (Lipinski definition) is 3. The van der Waals surface area contributed by atoms with Crippen LogP contribution in [0.4, 0.5) is 4.39 Å². The molecular weight excluding hydrogens is 297 g/mol. The second kappa shape index (κ2) is 8.41. The van der Waals surface area contributed by atoms with Crippen LogP contribution in [0.25, 0.3) is 0 Å². The number of halogens is 1. The number of rotatable bonds is 7. The molecule has 0 unspecified atom stereocenters. The van der Waals surface area contributed by atoms with Gasteiger partial charge in [-0.3, -0.25) is 4.79 Å². The van der Waals surface area contributed by atoms with Crippen molar-refractivity contribution in [2.75, 3.05) is 40.0 Å². The highest BCUT2D eigenvalue weighted by Crippen LogP contribution is 2.30. The quantitative estimate of drug-likeness (QED) is 0.774. The molecule has 0 spiro atoms. The Morgan fingerprint density at radius 2 is 1.96 bits per heavy atom. The second-order valence-electron chi connectivity index (χ2n) is 6.53. The normalized spacial score (nSPS) is 17.0. The maximum Gasteiger partial charge on any atom is 0.227 e. The van der Waals surface area contributed by atoms with Gasteiger partial charge in [-0.15, -0.1) is 0 Å². The highest BCUT2D eigenvalue weighted by molar-refractivity contribution is 5.78. The van der Waals surface area contributed by atoms with E-state index in [9.17, 15) is 9.18 Å². The van der Waals surface area contributed by atoms with Gasteiger partial charge in [0, 0.05) is 33.4 Å². The van der Waals surface area contributed by atoms with Crippen LogP contribution in [0.2, 0.25) is 0 Å². The molecule has 0 aliphatic carbocycles. The van der Waals surface area contributed by atoms with E-state index in [0.717, 1.165) is 31.6 Å². The van der Waals surface area contributed by atoms with Crippen molar-refractivity contribution >= 4 is 5.91 Å². The van der Waals surface area contributed by atoms with Gasteiger partial charge in [-0.1, -0.05) is 19.1 Å². The Morgan fingerprint density at radius 3 is 2.57 bits per heavy atom. The number of carbonyl (C=O) groups is 1. The van der Waals surface area contributed by atoms with Crippen LogP contribution < -0.4 is 0 Å². The summed E-state index contributed by atoms with van der Waals surface area (Å²) in [7, 11) is 1.64. The lowest BCUT2D eigenvalue weighted by Crippen LogP contribution is -2.44. The molecule has 0 aromatic heterocycles. The lowest BCUT2D eigenvalue weighted by Gasteiger charge is -2.38. The van der Waals surface area contributed by atoms with E-state index < -0.39 is 0 Å². The van der Waals surface area contributed by atoms with E-state index in [-0.39, 0.29) is 23.6 Å². The average molecular weight is 323 g/mol. The largest absolute Gasteiger partial charge is 0.383 e. The molecule has 0 bridgehead atoms. The third kappa shape index (κ3) is 5.59.